The van der Waals surface area contributed by atoms with E-state index in [1.165, 1.54) is 24.3 Å². The molecule has 9 heteroatoms. The highest BCUT2D eigenvalue weighted by molar-refractivity contribution is 7.92. The molecule has 0 bridgehead atoms. The molecule has 2 aromatic carbocycles. The standard InChI is InChI=1S/C22H20ClF2NO4S/c23-13-3-5-14(6-4-13)31(28,29)22-10-9-19(27)15(2-1-11-26)16(22)12-30-21-18(25)8-7-17(24)20(21)22/h3-8,15-16,19,27H,1-2,9-10,12H2/t15-,16-,19-,22-/m0/s1. The maximum Gasteiger partial charge on any atom is 0.188 e. The molecule has 164 valence electrons. The second-order valence-electron chi connectivity index (χ2n) is 7.96. The van der Waals surface area contributed by atoms with Gasteiger partial charge in [0.1, 0.15) is 10.6 Å². The van der Waals surface area contributed by atoms with Crippen LogP contribution >= 0.6 is 11.6 Å². The van der Waals surface area contributed by atoms with Crippen LogP contribution in [0.15, 0.2) is 41.3 Å². The molecular weight excluding hydrogens is 448 g/mol. The summed E-state index contributed by atoms with van der Waals surface area (Å²) < 4.78 is 61.7. The summed E-state index contributed by atoms with van der Waals surface area (Å²) in [5.74, 6) is -3.64. The van der Waals surface area contributed by atoms with Gasteiger partial charge in [-0.25, -0.2) is 17.2 Å². The Bertz CT molecular complexity index is 1150. The zero-order valence-corrected chi connectivity index (χ0v) is 18.0. The number of aliphatic hydroxyl groups is 1. The first-order valence-corrected chi connectivity index (χ1v) is 11.8. The summed E-state index contributed by atoms with van der Waals surface area (Å²) in [4.78, 5) is -0.0752. The number of benzene rings is 2. The van der Waals surface area contributed by atoms with Crippen LogP contribution in [-0.2, 0) is 14.6 Å². The highest BCUT2D eigenvalue weighted by Gasteiger charge is 2.62. The molecule has 1 aliphatic heterocycles. The number of ether oxygens (including phenoxy) is 1. The minimum absolute atomic E-state index is 0.0643. The maximum atomic E-state index is 15.2. The van der Waals surface area contributed by atoms with Gasteiger partial charge in [-0.3, -0.25) is 0 Å². The predicted octanol–water partition coefficient (Wildman–Crippen LogP) is 4.37. The van der Waals surface area contributed by atoms with Crippen LogP contribution in [0.25, 0.3) is 0 Å². The average Bonchev–Trinajstić information content (AvgIpc) is 2.75. The first kappa shape index (κ1) is 22.0. The van der Waals surface area contributed by atoms with Gasteiger partial charge in [0.15, 0.2) is 21.4 Å². The van der Waals surface area contributed by atoms with Crippen LogP contribution < -0.4 is 4.74 Å². The van der Waals surface area contributed by atoms with Crippen molar-refractivity contribution in [3.63, 3.8) is 0 Å². The molecule has 1 aliphatic carbocycles. The normalized spacial score (nSPS) is 27.5. The number of nitrogens with zero attached hydrogens (tertiary/aromatic N) is 1. The van der Waals surface area contributed by atoms with Crippen molar-refractivity contribution >= 4 is 21.4 Å². The fourth-order valence-electron chi connectivity index (χ4n) is 5.10. The quantitative estimate of drug-likeness (QED) is 0.721. The van der Waals surface area contributed by atoms with Crippen molar-refractivity contribution in [2.24, 2.45) is 11.8 Å². The molecular formula is C22H20ClF2NO4S. The number of fused-ring (bicyclic) bond motifs is 3. The molecule has 2 aromatic rings. The largest absolute Gasteiger partial charge is 0.490 e. The van der Waals surface area contributed by atoms with Gasteiger partial charge in [0.05, 0.1) is 29.2 Å². The summed E-state index contributed by atoms with van der Waals surface area (Å²) in [6.45, 7) is -0.215. The van der Waals surface area contributed by atoms with Crippen LogP contribution in [0.1, 0.15) is 31.2 Å². The Labute approximate surface area is 184 Å². The van der Waals surface area contributed by atoms with Crippen LogP contribution in [0.2, 0.25) is 5.02 Å². The molecule has 0 spiro atoms. The summed E-state index contributed by atoms with van der Waals surface area (Å²) in [6, 6.07) is 9.34. The predicted molar refractivity (Wildman–Crippen MR) is 109 cm³/mol. The van der Waals surface area contributed by atoms with Gasteiger partial charge in [-0.2, -0.15) is 5.26 Å². The van der Waals surface area contributed by atoms with E-state index in [1.807, 2.05) is 6.07 Å². The fraction of sp³-hybridized carbons (Fsp3) is 0.409. The van der Waals surface area contributed by atoms with Gasteiger partial charge in [-0.05, 0) is 61.6 Å². The number of sulfone groups is 1. The summed E-state index contributed by atoms with van der Waals surface area (Å²) in [5, 5.41) is 20.0. The molecule has 5 nitrogen and oxygen atoms in total. The van der Waals surface area contributed by atoms with Gasteiger partial charge < -0.3 is 9.84 Å². The van der Waals surface area contributed by atoms with Crippen molar-refractivity contribution in [2.75, 3.05) is 6.61 Å². The van der Waals surface area contributed by atoms with E-state index >= 15 is 4.39 Å². The lowest BCUT2D eigenvalue weighted by molar-refractivity contribution is -0.0234. The Morgan fingerprint density at radius 1 is 1.19 bits per heavy atom. The van der Waals surface area contributed by atoms with Crippen molar-refractivity contribution in [1.82, 2.24) is 0 Å². The van der Waals surface area contributed by atoms with Crippen LogP contribution in [0.3, 0.4) is 0 Å². The Hall–Kier alpha value is -2.21. The van der Waals surface area contributed by atoms with E-state index in [0.717, 1.165) is 12.1 Å². The average molecular weight is 468 g/mol. The van der Waals surface area contributed by atoms with Crippen molar-refractivity contribution < 1.29 is 27.0 Å². The Balaban J connectivity index is 2.01. The van der Waals surface area contributed by atoms with Gasteiger partial charge in [0.2, 0.25) is 0 Å². The number of hydrogen-bond donors (Lipinski definition) is 1. The van der Waals surface area contributed by atoms with E-state index in [0.29, 0.717) is 5.02 Å². The minimum Gasteiger partial charge on any atom is -0.490 e. The molecule has 31 heavy (non-hydrogen) atoms. The molecule has 4 rings (SSSR count). The highest BCUT2D eigenvalue weighted by Crippen LogP contribution is 2.58. The Morgan fingerprint density at radius 2 is 1.87 bits per heavy atom. The van der Waals surface area contributed by atoms with Crippen LogP contribution in [0, 0.1) is 34.8 Å². The van der Waals surface area contributed by atoms with Crippen LogP contribution in [-0.4, -0.2) is 26.2 Å². The van der Waals surface area contributed by atoms with Crippen molar-refractivity contribution in [1.29, 1.82) is 5.26 Å². The SMILES string of the molecule is N#CCC[C@@H]1[C@@H](O)CC[C@@]2(S(=O)(=O)c3ccc(Cl)cc3)c3c(F)ccc(F)c3OC[C@@H]12. The lowest BCUT2D eigenvalue weighted by atomic mass is 9.65. The number of aliphatic hydroxyl groups excluding tert-OH is 1. The molecule has 1 heterocycles. The lowest BCUT2D eigenvalue weighted by Crippen LogP contribution is -2.57. The molecule has 0 unspecified atom stereocenters. The number of hydrogen-bond acceptors (Lipinski definition) is 5. The number of rotatable bonds is 4. The highest BCUT2D eigenvalue weighted by atomic mass is 35.5. The molecule has 2 aliphatic rings. The zero-order chi connectivity index (χ0) is 22.4. The summed E-state index contributed by atoms with van der Waals surface area (Å²) in [5.41, 5.74) is -0.340. The summed E-state index contributed by atoms with van der Waals surface area (Å²) in [7, 11) is -4.27. The molecule has 1 N–H and O–H groups in total. The maximum absolute atomic E-state index is 15.2. The monoisotopic (exact) mass is 467 g/mol. The first-order chi connectivity index (χ1) is 14.7. The first-order valence-electron chi connectivity index (χ1n) is 9.90. The third-order valence-electron chi connectivity index (χ3n) is 6.50. The molecule has 0 radical (unpaired) electrons. The molecule has 0 aromatic heterocycles. The third kappa shape index (κ3) is 3.30. The number of halogens is 3. The molecule has 1 saturated carbocycles. The Kier molecular flexibility index (Phi) is 5.71. The topological polar surface area (TPSA) is 87.4 Å². The summed E-state index contributed by atoms with van der Waals surface area (Å²) in [6.07, 6.45) is -0.615. The molecule has 4 atom stereocenters. The molecule has 0 saturated heterocycles. The van der Waals surface area contributed by atoms with Gasteiger partial charge in [-0.1, -0.05) is 11.6 Å². The van der Waals surface area contributed by atoms with E-state index in [-0.39, 0.29) is 42.7 Å². The van der Waals surface area contributed by atoms with E-state index in [4.69, 9.17) is 21.6 Å². The van der Waals surface area contributed by atoms with E-state index in [2.05, 4.69) is 0 Å². The van der Waals surface area contributed by atoms with Gasteiger partial charge in [0.25, 0.3) is 0 Å². The smallest absolute Gasteiger partial charge is 0.188 e. The second kappa shape index (κ2) is 8.05. The van der Waals surface area contributed by atoms with Crippen LogP contribution in [0.4, 0.5) is 8.78 Å². The van der Waals surface area contributed by atoms with E-state index in [9.17, 15) is 17.9 Å². The van der Waals surface area contributed by atoms with Crippen LogP contribution in [0.5, 0.6) is 5.75 Å². The van der Waals surface area contributed by atoms with Gasteiger partial charge >= 0.3 is 0 Å². The number of nitriles is 1. The summed E-state index contributed by atoms with van der Waals surface area (Å²) >= 11 is 5.92. The van der Waals surface area contributed by atoms with E-state index in [1.54, 1.807) is 0 Å². The second-order valence-corrected chi connectivity index (χ2v) is 10.6. The van der Waals surface area contributed by atoms with Gasteiger partial charge in [0, 0.05) is 17.4 Å². The van der Waals surface area contributed by atoms with Crippen molar-refractivity contribution in [2.45, 2.75) is 41.4 Å². The third-order valence-corrected chi connectivity index (χ3v) is 9.32. The van der Waals surface area contributed by atoms with Gasteiger partial charge in [-0.15, -0.1) is 0 Å². The lowest BCUT2D eigenvalue weighted by Gasteiger charge is -2.51. The molecule has 1 fully saturated rings. The van der Waals surface area contributed by atoms with Crippen molar-refractivity contribution in [3.05, 3.63) is 58.6 Å². The minimum atomic E-state index is -4.27. The Morgan fingerprint density at radius 3 is 2.55 bits per heavy atom. The zero-order valence-electron chi connectivity index (χ0n) is 16.4. The molecule has 0 amide bonds. The van der Waals surface area contributed by atoms with Crippen molar-refractivity contribution in [3.8, 4) is 11.8 Å². The van der Waals surface area contributed by atoms with E-state index < -0.39 is 49.9 Å². The fourth-order valence-corrected chi connectivity index (χ4v) is 7.63.